The molecule has 2 aliphatic rings. The van der Waals surface area contributed by atoms with Crippen LogP contribution in [0.1, 0.15) is 48.1 Å². The minimum atomic E-state index is -0.485. The van der Waals surface area contributed by atoms with Crippen molar-refractivity contribution >= 4 is 17.5 Å². The zero-order valence-corrected chi connectivity index (χ0v) is 17.1. The molecule has 2 aromatic carbocycles. The van der Waals surface area contributed by atoms with Gasteiger partial charge in [-0.3, -0.25) is 9.59 Å². The summed E-state index contributed by atoms with van der Waals surface area (Å²) in [7, 11) is 0. The molecule has 2 aromatic rings. The van der Waals surface area contributed by atoms with Crippen molar-refractivity contribution < 1.29 is 24.0 Å². The molecule has 4 rings (SSSR count). The maximum atomic E-state index is 12.9. The fourth-order valence-electron chi connectivity index (χ4n) is 4.30. The van der Waals surface area contributed by atoms with E-state index in [2.05, 4.69) is 17.4 Å². The Hall–Kier alpha value is -3.06. The molecule has 4 N–H and O–H groups in total. The number of likely N-dealkylation sites (tertiary alicyclic amines) is 1. The quantitative estimate of drug-likeness (QED) is 0.699. The molecule has 2 aliphatic heterocycles. The first kappa shape index (κ1) is 20.2. The number of amides is 2. The number of carbonyl (C=O) groups excluding carboxylic acids is 2. The van der Waals surface area contributed by atoms with E-state index >= 15 is 0 Å². The topological polar surface area (TPSA) is 95.1 Å². The van der Waals surface area contributed by atoms with Crippen LogP contribution in [0, 0.1) is 0 Å². The smallest absolute Gasteiger partial charge is 0.282 e. The molecular weight excluding hydrogens is 382 g/mol. The Morgan fingerprint density at radius 1 is 1.07 bits per heavy atom. The number of hydrogen-bond acceptors (Lipinski definition) is 4. The second-order valence-corrected chi connectivity index (χ2v) is 7.93. The predicted octanol–water partition coefficient (Wildman–Crippen LogP) is 1.69. The summed E-state index contributed by atoms with van der Waals surface area (Å²) in [5, 5.41) is 2.96. The van der Waals surface area contributed by atoms with Crippen LogP contribution in [0.4, 0.5) is 5.69 Å². The van der Waals surface area contributed by atoms with E-state index in [1.54, 1.807) is 24.3 Å². The number of rotatable bonds is 5. The number of anilines is 1. The van der Waals surface area contributed by atoms with Gasteiger partial charge in [-0.25, -0.2) is 0 Å². The van der Waals surface area contributed by atoms with Crippen molar-refractivity contribution in [2.45, 2.75) is 38.3 Å². The molecule has 30 heavy (non-hydrogen) atoms. The number of hydrogen-bond donors (Lipinski definition) is 3. The number of primary amides is 1. The fraction of sp³-hybridized carbons (Fsp3) is 0.391. The standard InChI is InChI=1S/C23H27N3O4/c1-15(23(28)25-18-8-5-16(6-9-18)22(24)27)26-11-2-4-19(26)17-7-10-20-21(14-17)30-13-3-12-29-20/h5-10,14-15,19H,2-4,11-13H2,1H3,(H2,24,27)(H,25,28)/p+1/t15-,19-/m1/s1. The number of nitrogens with one attached hydrogen (secondary N) is 2. The Bertz CT molecular complexity index is 929. The van der Waals surface area contributed by atoms with Gasteiger partial charge in [0.2, 0.25) is 5.91 Å². The summed E-state index contributed by atoms with van der Waals surface area (Å²) in [4.78, 5) is 25.4. The van der Waals surface area contributed by atoms with Crippen LogP contribution in [0.5, 0.6) is 11.5 Å². The number of nitrogens with two attached hydrogens (primary N) is 1. The molecule has 158 valence electrons. The molecule has 0 radical (unpaired) electrons. The number of quaternary nitrogens is 1. The highest BCUT2D eigenvalue weighted by molar-refractivity contribution is 5.95. The number of fused-ring (bicyclic) bond motifs is 1. The maximum Gasteiger partial charge on any atom is 0.282 e. The van der Waals surface area contributed by atoms with E-state index in [1.165, 1.54) is 10.5 Å². The summed E-state index contributed by atoms with van der Waals surface area (Å²) in [6.07, 6.45) is 2.97. The lowest BCUT2D eigenvalue weighted by Crippen LogP contribution is -3.15. The van der Waals surface area contributed by atoms with E-state index in [4.69, 9.17) is 15.2 Å². The van der Waals surface area contributed by atoms with Gasteiger partial charge in [-0.15, -0.1) is 0 Å². The zero-order valence-electron chi connectivity index (χ0n) is 17.1. The molecule has 0 aromatic heterocycles. The van der Waals surface area contributed by atoms with Crippen molar-refractivity contribution in [1.82, 2.24) is 0 Å². The lowest BCUT2D eigenvalue weighted by atomic mass is 10.0. The van der Waals surface area contributed by atoms with E-state index in [1.807, 2.05) is 13.0 Å². The molecule has 7 nitrogen and oxygen atoms in total. The third-order valence-corrected chi connectivity index (χ3v) is 5.97. The molecule has 1 unspecified atom stereocenters. The monoisotopic (exact) mass is 410 g/mol. The minimum absolute atomic E-state index is 0.0435. The summed E-state index contributed by atoms with van der Waals surface area (Å²) in [6, 6.07) is 12.8. The second kappa shape index (κ2) is 8.75. The van der Waals surface area contributed by atoms with Crippen LogP contribution >= 0.6 is 0 Å². The maximum absolute atomic E-state index is 12.9. The average Bonchev–Trinajstić information content (AvgIpc) is 3.12. The summed E-state index contributed by atoms with van der Waals surface area (Å²) < 4.78 is 11.6. The molecule has 0 bridgehead atoms. The van der Waals surface area contributed by atoms with Crippen molar-refractivity contribution in [1.29, 1.82) is 0 Å². The van der Waals surface area contributed by atoms with Crippen molar-refractivity contribution in [3.05, 3.63) is 53.6 Å². The first-order valence-electron chi connectivity index (χ1n) is 10.5. The Labute approximate surface area is 176 Å². The number of carbonyl (C=O) groups is 2. The van der Waals surface area contributed by atoms with Crippen LogP contribution in [-0.2, 0) is 4.79 Å². The molecule has 0 spiro atoms. The molecule has 0 aliphatic carbocycles. The van der Waals surface area contributed by atoms with Crippen LogP contribution in [0.2, 0.25) is 0 Å². The fourth-order valence-corrected chi connectivity index (χ4v) is 4.30. The number of ether oxygens (including phenoxy) is 2. The molecule has 1 fully saturated rings. The molecule has 2 amide bonds. The van der Waals surface area contributed by atoms with Crippen LogP contribution in [0.15, 0.2) is 42.5 Å². The van der Waals surface area contributed by atoms with Gasteiger partial charge in [0.25, 0.3) is 5.91 Å². The van der Waals surface area contributed by atoms with Gasteiger partial charge in [-0.05, 0) is 49.4 Å². The summed E-state index contributed by atoms with van der Waals surface area (Å²) in [6.45, 7) is 4.23. The third-order valence-electron chi connectivity index (χ3n) is 5.97. The van der Waals surface area contributed by atoms with Gasteiger partial charge in [0.15, 0.2) is 17.5 Å². The van der Waals surface area contributed by atoms with Crippen molar-refractivity contribution in [2.24, 2.45) is 5.73 Å². The van der Waals surface area contributed by atoms with E-state index in [9.17, 15) is 9.59 Å². The van der Waals surface area contributed by atoms with E-state index in [0.29, 0.717) is 24.5 Å². The minimum Gasteiger partial charge on any atom is -0.490 e. The lowest BCUT2D eigenvalue weighted by Gasteiger charge is -2.27. The first-order chi connectivity index (χ1) is 14.5. The van der Waals surface area contributed by atoms with Crippen molar-refractivity contribution in [2.75, 3.05) is 25.1 Å². The Morgan fingerprint density at radius 2 is 1.80 bits per heavy atom. The van der Waals surface area contributed by atoms with E-state index in [-0.39, 0.29) is 18.0 Å². The number of benzene rings is 2. The van der Waals surface area contributed by atoms with Gasteiger partial charge in [-0.1, -0.05) is 0 Å². The van der Waals surface area contributed by atoms with Crippen LogP contribution in [-0.4, -0.2) is 37.6 Å². The average molecular weight is 410 g/mol. The SMILES string of the molecule is C[C@H](C(=O)Nc1ccc(C(N)=O)cc1)[NH+]1CCC[C@@H]1c1ccc2c(c1)OCCCO2. The normalized spacial score (nSPS) is 21.5. The molecule has 2 heterocycles. The van der Waals surface area contributed by atoms with Crippen molar-refractivity contribution in [3.63, 3.8) is 0 Å². The Balaban J connectivity index is 1.46. The highest BCUT2D eigenvalue weighted by Gasteiger charge is 2.37. The van der Waals surface area contributed by atoms with Gasteiger partial charge in [0, 0.05) is 36.1 Å². The van der Waals surface area contributed by atoms with Crippen LogP contribution in [0.25, 0.3) is 0 Å². The molecule has 1 saturated heterocycles. The molecule has 3 atom stereocenters. The predicted molar refractivity (Wildman–Crippen MR) is 113 cm³/mol. The van der Waals surface area contributed by atoms with E-state index < -0.39 is 5.91 Å². The molecule has 7 heteroatoms. The van der Waals surface area contributed by atoms with E-state index in [0.717, 1.165) is 37.3 Å². The summed E-state index contributed by atoms with van der Waals surface area (Å²) >= 11 is 0. The van der Waals surface area contributed by atoms with Gasteiger partial charge in [0.1, 0.15) is 6.04 Å². The van der Waals surface area contributed by atoms with Gasteiger partial charge < -0.3 is 25.4 Å². The molecular formula is C23H28N3O4+. The van der Waals surface area contributed by atoms with Crippen molar-refractivity contribution in [3.8, 4) is 11.5 Å². The second-order valence-electron chi connectivity index (χ2n) is 7.93. The zero-order chi connectivity index (χ0) is 21.1. The van der Waals surface area contributed by atoms with Gasteiger partial charge in [-0.2, -0.15) is 0 Å². The lowest BCUT2D eigenvalue weighted by molar-refractivity contribution is -0.932. The van der Waals surface area contributed by atoms with Crippen LogP contribution in [0.3, 0.4) is 0 Å². The summed E-state index contributed by atoms with van der Waals surface area (Å²) in [5.74, 6) is 1.06. The third kappa shape index (κ3) is 4.26. The van der Waals surface area contributed by atoms with Gasteiger partial charge in [0.05, 0.1) is 19.8 Å². The van der Waals surface area contributed by atoms with Crippen LogP contribution < -0.4 is 25.4 Å². The van der Waals surface area contributed by atoms with Gasteiger partial charge >= 0.3 is 0 Å². The molecule has 0 saturated carbocycles. The largest absolute Gasteiger partial charge is 0.490 e. The first-order valence-corrected chi connectivity index (χ1v) is 10.5. The summed E-state index contributed by atoms with van der Waals surface area (Å²) in [5.41, 5.74) is 7.52. The highest BCUT2D eigenvalue weighted by Crippen LogP contribution is 2.33. The Kier molecular flexibility index (Phi) is 5.90. The Morgan fingerprint density at radius 3 is 2.53 bits per heavy atom. The highest BCUT2D eigenvalue weighted by atomic mass is 16.5.